The molecule has 104 valence electrons. The van der Waals surface area contributed by atoms with Gasteiger partial charge in [-0.2, -0.15) is 0 Å². The van der Waals surface area contributed by atoms with Gasteiger partial charge in [0.05, 0.1) is 11.5 Å². The molecule has 1 aromatic rings. The number of hydrogen-bond acceptors (Lipinski definition) is 4. The Labute approximate surface area is 117 Å². The van der Waals surface area contributed by atoms with Gasteiger partial charge in [-0.05, 0) is 17.7 Å². The Morgan fingerprint density at radius 1 is 1.26 bits per heavy atom. The fourth-order valence-corrected chi connectivity index (χ4v) is 2.35. The van der Waals surface area contributed by atoms with Crippen LogP contribution in [0.4, 0.5) is 0 Å². The minimum absolute atomic E-state index is 0.292. The quantitative estimate of drug-likeness (QED) is 0.848. The summed E-state index contributed by atoms with van der Waals surface area (Å²) < 4.78 is 21.7. The van der Waals surface area contributed by atoms with E-state index in [1.54, 1.807) is 24.3 Å². The van der Waals surface area contributed by atoms with Crippen LogP contribution in [-0.2, 0) is 18.4 Å². The fourth-order valence-electron chi connectivity index (χ4n) is 1.34. The Kier molecular flexibility index (Phi) is 5.76. The second kappa shape index (κ2) is 6.87. The Morgan fingerprint density at radius 2 is 1.79 bits per heavy atom. The average molecular weight is 304 g/mol. The average Bonchev–Trinajstić information content (AvgIpc) is 2.38. The minimum atomic E-state index is -3.38. The number of carbonyl (C=O) groups excluding carboxylic acids is 1. The number of halogens is 1. The van der Waals surface area contributed by atoms with Gasteiger partial charge in [-0.3, -0.25) is 9.36 Å². The molecule has 0 saturated carbocycles. The van der Waals surface area contributed by atoms with Gasteiger partial charge in [0.1, 0.15) is 0 Å². The third kappa shape index (κ3) is 4.80. The van der Waals surface area contributed by atoms with Crippen LogP contribution in [-0.4, -0.2) is 20.1 Å². The predicted molar refractivity (Wildman–Crippen MR) is 74.9 cm³/mol. The Morgan fingerprint density at radius 3 is 2.21 bits per heavy atom. The lowest BCUT2D eigenvalue weighted by Gasteiger charge is -2.13. The van der Waals surface area contributed by atoms with Crippen LogP contribution in [0.2, 0.25) is 5.02 Å². The first-order valence-corrected chi connectivity index (χ1v) is 7.37. The largest absolute Gasteiger partial charge is 0.355 e. The van der Waals surface area contributed by atoms with Gasteiger partial charge in [-0.25, -0.2) is 0 Å². The second-order valence-corrected chi connectivity index (χ2v) is 6.14. The maximum absolute atomic E-state index is 12.1. The number of hydrogen-bond donors (Lipinski definition) is 1. The smallest absolute Gasteiger partial charge is 0.325 e. The van der Waals surface area contributed by atoms with E-state index in [4.69, 9.17) is 20.6 Å². The molecular weight excluding hydrogens is 289 g/mol. The lowest BCUT2D eigenvalue weighted by Crippen LogP contribution is -2.18. The summed E-state index contributed by atoms with van der Waals surface area (Å²) in [6.07, 6.45) is 0. The summed E-state index contributed by atoms with van der Waals surface area (Å²) in [5.74, 6) is 0.970. The van der Waals surface area contributed by atoms with Gasteiger partial charge in [0.15, 0.2) is 0 Å². The molecule has 0 aliphatic heterocycles. The van der Waals surface area contributed by atoms with Gasteiger partial charge in [-0.15, -0.1) is 0 Å². The first kappa shape index (κ1) is 15.9. The van der Waals surface area contributed by atoms with Gasteiger partial charge in [0, 0.05) is 26.2 Å². The van der Waals surface area contributed by atoms with E-state index in [0.29, 0.717) is 16.3 Å². The summed E-state index contributed by atoms with van der Waals surface area (Å²) in [7, 11) is -0.837. The standard InChI is InChI=1S/C12H15ClNO4P/c1-9(15)14-12(8-19(16,17-2)18-3)10-4-6-11(13)7-5-10/h4-8H,1-3H3,(H,14,15)/b12-8-. The highest BCUT2D eigenvalue weighted by Gasteiger charge is 2.20. The van der Waals surface area contributed by atoms with Crippen LogP contribution in [0.3, 0.4) is 0 Å². The molecule has 0 unspecified atom stereocenters. The van der Waals surface area contributed by atoms with Gasteiger partial charge >= 0.3 is 7.60 Å². The fraction of sp³-hybridized carbons (Fsp3) is 0.250. The maximum Gasteiger partial charge on any atom is 0.355 e. The molecule has 1 rings (SSSR count). The third-order valence-corrected chi connectivity index (χ3v) is 4.11. The van der Waals surface area contributed by atoms with E-state index in [2.05, 4.69) is 5.32 Å². The van der Waals surface area contributed by atoms with E-state index in [-0.39, 0.29) is 5.91 Å². The number of carbonyl (C=O) groups is 1. The lowest BCUT2D eigenvalue weighted by molar-refractivity contribution is -0.117. The molecular formula is C12H15ClNO4P. The molecule has 19 heavy (non-hydrogen) atoms. The first-order valence-electron chi connectivity index (χ1n) is 5.38. The Bertz CT molecular complexity index is 519. The highest BCUT2D eigenvalue weighted by molar-refractivity contribution is 7.57. The SMILES string of the molecule is COP(=O)(/C=C(\NC(C)=O)c1ccc(Cl)cc1)OC. The zero-order chi connectivity index (χ0) is 14.5. The monoisotopic (exact) mass is 303 g/mol. The van der Waals surface area contributed by atoms with Crippen molar-refractivity contribution in [3.05, 3.63) is 40.7 Å². The molecule has 1 N–H and O–H groups in total. The van der Waals surface area contributed by atoms with E-state index in [0.717, 1.165) is 0 Å². The molecule has 0 radical (unpaired) electrons. The lowest BCUT2D eigenvalue weighted by atomic mass is 10.2. The number of rotatable bonds is 5. The first-order chi connectivity index (χ1) is 8.90. The van der Waals surface area contributed by atoms with E-state index < -0.39 is 7.60 Å². The maximum atomic E-state index is 12.1. The van der Waals surface area contributed by atoms with Crippen LogP contribution in [0.25, 0.3) is 5.70 Å². The normalized spacial score (nSPS) is 12.3. The third-order valence-electron chi connectivity index (χ3n) is 2.26. The van der Waals surface area contributed by atoms with Crippen LogP contribution in [0, 0.1) is 0 Å². The van der Waals surface area contributed by atoms with Crippen molar-refractivity contribution < 1.29 is 18.4 Å². The van der Waals surface area contributed by atoms with Crippen molar-refractivity contribution in [2.45, 2.75) is 6.92 Å². The Balaban J connectivity index is 3.21. The van der Waals surface area contributed by atoms with Crippen LogP contribution >= 0.6 is 19.2 Å². The summed E-state index contributed by atoms with van der Waals surface area (Å²) in [6, 6.07) is 6.72. The molecule has 0 bridgehead atoms. The molecule has 0 fully saturated rings. The minimum Gasteiger partial charge on any atom is -0.325 e. The molecule has 0 aliphatic carbocycles. The molecule has 0 atom stereocenters. The Hall–Kier alpha value is -1.13. The second-order valence-electron chi connectivity index (χ2n) is 3.64. The van der Waals surface area contributed by atoms with E-state index >= 15 is 0 Å². The molecule has 0 aliphatic rings. The van der Waals surface area contributed by atoms with E-state index in [1.807, 2.05) is 0 Å². The number of benzene rings is 1. The van der Waals surface area contributed by atoms with Gasteiger partial charge < -0.3 is 14.4 Å². The molecule has 0 heterocycles. The van der Waals surface area contributed by atoms with Crippen molar-refractivity contribution in [1.29, 1.82) is 0 Å². The van der Waals surface area contributed by atoms with Crippen LogP contribution in [0.15, 0.2) is 30.1 Å². The summed E-state index contributed by atoms with van der Waals surface area (Å²) in [5, 5.41) is 3.15. The zero-order valence-electron chi connectivity index (χ0n) is 10.8. The number of nitrogens with one attached hydrogen (secondary N) is 1. The molecule has 0 saturated heterocycles. The summed E-state index contributed by atoms with van der Waals surface area (Å²) in [6.45, 7) is 1.36. The van der Waals surface area contributed by atoms with Crippen molar-refractivity contribution in [2.75, 3.05) is 14.2 Å². The van der Waals surface area contributed by atoms with Crippen molar-refractivity contribution in [1.82, 2.24) is 5.32 Å². The molecule has 5 nitrogen and oxygen atoms in total. The summed E-state index contributed by atoms with van der Waals surface area (Å²) in [5.41, 5.74) is 0.991. The van der Waals surface area contributed by atoms with E-state index in [1.165, 1.54) is 27.0 Å². The van der Waals surface area contributed by atoms with Gasteiger partial charge in [-0.1, -0.05) is 23.7 Å². The zero-order valence-corrected chi connectivity index (χ0v) is 12.5. The topological polar surface area (TPSA) is 64.6 Å². The van der Waals surface area contributed by atoms with Crippen LogP contribution in [0.5, 0.6) is 0 Å². The van der Waals surface area contributed by atoms with E-state index in [9.17, 15) is 9.36 Å². The highest BCUT2D eigenvalue weighted by Crippen LogP contribution is 2.49. The van der Waals surface area contributed by atoms with Crippen molar-refractivity contribution >= 4 is 30.8 Å². The summed E-state index contributed by atoms with van der Waals surface area (Å²) in [4.78, 5) is 11.2. The molecule has 1 aromatic carbocycles. The van der Waals surface area contributed by atoms with Crippen LogP contribution < -0.4 is 5.32 Å². The van der Waals surface area contributed by atoms with Crippen LogP contribution in [0.1, 0.15) is 12.5 Å². The molecule has 7 heteroatoms. The summed E-state index contributed by atoms with van der Waals surface area (Å²) >= 11 is 5.80. The van der Waals surface area contributed by atoms with Crippen molar-refractivity contribution in [3.8, 4) is 0 Å². The predicted octanol–water partition coefficient (Wildman–Crippen LogP) is 3.26. The molecule has 0 spiro atoms. The van der Waals surface area contributed by atoms with Crippen molar-refractivity contribution in [2.24, 2.45) is 0 Å². The highest BCUT2D eigenvalue weighted by atomic mass is 35.5. The van der Waals surface area contributed by atoms with Crippen molar-refractivity contribution in [3.63, 3.8) is 0 Å². The van der Waals surface area contributed by atoms with Gasteiger partial charge in [0.2, 0.25) is 5.91 Å². The molecule has 1 amide bonds. The molecule has 0 aromatic heterocycles. The van der Waals surface area contributed by atoms with Gasteiger partial charge in [0.25, 0.3) is 0 Å². The number of amides is 1.